The van der Waals surface area contributed by atoms with Gasteiger partial charge in [0.15, 0.2) is 0 Å². The number of aromatic nitrogens is 1. The van der Waals surface area contributed by atoms with Gasteiger partial charge in [0.2, 0.25) is 10.0 Å². The molecule has 1 atom stereocenters. The second-order valence-corrected chi connectivity index (χ2v) is 6.97. The quantitative estimate of drug-likeness (QED) is 0.867. The van der Waals surface area contributed by atoms with Crippen molar-refractivity contribution in [1.29, 1.82) is 0 Å². The Morgan fingerprint density at radius 2 is 2.25 bits per heavy atom. The van der Waals surface area contributed by atoms with Gasteiger partial charge in [-0.25, -0.2) is 8.42 Å². The Morgan fingerprint density at radius 1 is 1.50 bits per heavy atom. The van der Waals surface area contributed by atoms with Crippen molar-refractivity contribution >= 4 is 10.0 Å². The molecule has 0 amide bonds. The summed E-state index contributed by atoms with van der Waals surface area (Å²) in [6.07, 6.45) is 1.67. The summed E-state index contributed by atoms with van der Waals surface area (Å²) in [4.78, 5) is 0.374. The molecule has 2 rings (SSSR count). The zero-order valence-electron chi connectivity index (χ0n) is 12.3. The van der Waals surface area contributed by atoms with Gasteiger partial charge in [-0.2, -0.15) is 4.31 Å². The largest absolute Gasteiger partial charge is 0.376 e. The number of nitrogens with zero attached hydrogens (tertiary/aromatic N) is 2. The van der Waals surface area contributed by atoms with Crippen molar-refractivity contribution in [2.75, 3.05) is 26.7 Å². The van der Waals surface area contributed by atoms with E-state index >= 15 is 0 Å². The van der Waals surface area contributed by atoms with Crippen LogP contribution >= 0.6 is 0 Å². The number of sulfonamides is 1. The summed E-state index contributed by atoms with van der Waals surface area (Å²) in [5.41, 5.74) is 0.981. The van der Waals surface area contributed by atoms with Crippen molar-refractivity contribution < 1.29 is 13.2 Å². The molecule has 2 heterocycles. The van der Waals surface area contributed by atoms with Gasteiger partial charge in [0.05, 0.1) is 12.7 Å². The summed E-state index contributed by atoms with van der Waals surface area (Å²) in [6.45, 7) is 6.61. The van der Waals surface area contributed by atoms with Gasteiger partial charge in [-0.1, -0.05) is 0 Å². The Kier molecular flexibility index (Phi) is 4.85. The van der Waals surface area contributed by atoms with Crippen LogP contribution in [0, 0.1) is 0 Å². The number of rotatable bonds is 5. The third-order valence-corrected chi connectivity index (χ3v) is 5.33. The molecule has 0 aromatic carbocycles. The summed E-state index contributed by atoms with van der Waals surface area (Å²) in [5, 5.41) is 3.06. The molecule has 1 N–H and O–H groups in total. The molecule has 0 spiro atoms. The zero-order chi connectivity index (χ0) is 14.8. The van der Waals surface area contributed by atoms with Crippen molar-refractivity contribution in [2.24, 2.45) is 0 Å². The van der Waals surface area contributed by atoms with Gasteiger partial charge in [0, 0.05) is 38.1 Å². The van der Waals surface area contributed by atoms with Crippen LogP contribution in [-0.2, 0) is 27.8 Å². The smallest absolute Gasteiger partial charge is 0.244 e. The van der Waals surface area contributed by atoms with Gasteiger partial charge in [0.1, 0.15) is 4.90 Å². The van der Waals surface area contributed by atoms with Crippen molar-refractivity contribution in [2.45, 2.75) is 37.9 Å². The minimum atomic E-state index is -3.42. The van der Waals surface area contributed by atoms with Gasteiger partial charge in [-0.3, -0.25) is 0 Å². The SMILES string of the molecule is CCn1cc(S(=O)(=O)N2CCOC(C)C2)cc1CNC. The maximum atomic E-state index is 12.7. The molecule has 7 heteroatoms. The van der Waals surface area contributed by atoms with E-state index in [9.17, 15) is 8.42 Å². The fourth-order valence-electron chi connectivity index (χ4n) is 2.44. The number of hydrogen-bond acceptors (Lipinski definition) is 4. The number of hydrogen-bond donors (Lipinski definition) is 1. The monoisotopic (exact) mass is 301 g/mol. The van der Waals surface area contributed by atoms with Gasteiger partial charge in [0.25, 0.3) is 0 Å². The normalized spacial score (nSPS) is 21.2. The minimum absolute atomic E-state index is 0.0523. The zero-order valence-corrected chi connectivity index (χ0v) is 13.1. The third-order valence-electron chi connectivity index (χ3n) is 3.50. The van der Waals surface area contributed by atoms with Gasteiger partial charge in [-0.05, 0) is 27.0 Å². The summed E-state index contributed by atoms with van der Waals surface area (Å²) in [6, 6.07) is 1.76. The van der Waals surface area contributed by atoms with E-state index < -0.39 is 10.0 Å². The van der Waals surface area contributed by atoms with Crippen LogP contribution in [-0.4, -0.2) is 50.1 Å². The van der Waals surface area contributed by atoms with E-state index in [1.54, 1.807) is 12.3 Å². The molecule has 20 heavy (non-hydrogen) atoms. The molecule has 1 unspecified atom stereocenters. The molecule has 0 saturated carbocycles. The lowest BCUT2D eigenvalue weighted by Crippen LogP contribution is -2.44. The summed E-state index contributed by atoms with van der Waals surface area (Å²) in [7, 11) is -1.57. The van der Waals surface area contributed by atoms with E-state index in [1.165, 1.54) is 4.31 Å². The Labute approximate surface area is 120 Å². The van der Waals surface area contributed by atoms with Crippen LogP contribution in [0.3, 0.4) is 0 Å². The second kappa shape index (κ2) is 6.26. The van der Waals surface area contributed by atoms with E-state index in [2.05, 4.69) is 5.32 Å². The molecule has 1 aromatic rings. The third kappa shape index (κ3) is 3.06. The highest BCUT2D eigenvalue weighted by Gasteiger charge is 2.30. The highest BCUT2D eigenvalue weighted by molar-refractivity contribution is 7.89. The Balaban J connectivity index is 2.29. The molecular formula is C13H23N3O3S. The van der Waals surface area contributed by atoms with Crippen molar-refractivity contribution in [1.82, 2.24) is 14.2 Å². The van der Waals surface area contributed by atoms with Crippen LogP contribution in [0.4, 0.5) is 0 Å². The molecule has 1 saturated heterocycles. The van der Waals surface area contributed by atoms with Crippen LogP contribution in [0.1, 0.15) is 19.5 Å². The molecule has 1 aliphatic rings. The Morgan fingerprint density at radius 3 is 2.85 bits per heavy atom. The lowest BCUT2D eigenvalue weighted by Gasteiger charge is -2.29. The lowest BCUT2D eigenvalue weighted by molar-refractivity contribution is 0.0102. The molecule has 1 aliphatic heterocycles. The van der Waals surface area contributed by atoms with Crippen LogP contribution in [0.5, 0.6) is 0 Å². The van der Waals surface area contributed by atoms with E-state index in [4.69, 9.17) is 4.74 Å². The summed E-state index contributed by atoms with van der Waals surface area (Å²) < 4.78 is 34.2. The molecule has 1 aromatic heterocycles. The van der Waals surface area contributed by atoms with Gasteiger partial charge >= 0.3 is 0 Å². The average Bonchev–Trinajstić information content (AvgIpc) is 2.83. The first-order valence-corrected chi connectivity index (χ1v) is 8.38. The van der Waals surface area contributed by atoms with Gasteiger partial charge < -0.3 is 14.6 Å². The predicted octanol–water partition coefficient (Wildman–Crippen LogP) is 0.637. The minimum Gasteiger partial charge on any atom is -0.376 e. The predicted molar refractivity (Wildman–Crippen MR) is 77.0 cm³/mol. The molecule has 114 valence electrons. The number of ether oxygens (including phenoxy) is 1. The lowest BCUT2D eigenvalue weighted by atomic mass is 10.3. The van der Waals surface area contributed by atoms with Crippen molar-refractivity contribution in [3.05, 3.63) is 18.0 Å². The van der Waals surface area contributed by atoms with E-state index in [1.807, 2.05) is 25.5 Å². The maximum absolute atomic E-state index is 12.7. The first-order chi connectivity index (χ1) is 9.48. The van der Waals surface area contributed by atoms with E-state index in [0.717, 1.165) is 12.2 Å². The number of aryl methyl sites for hydroxylation is 1. The van der Waals surface area contributed by atoms with Crippen LogP contribution in [0.15, 0.2) is 17.2 Å². The first kappa shape index (κ1) is 15.5. The number of nitrogens with one attached hydrogen (secondary N) is 1. The first-order valence-electron chi connectivity index (χ1n) is 6.94. The van der Waals surface area contributed by atoms with Gasteiger partial charge in [-0.15, -0.1) is 0 Å². The van der Waals surface area contributed by atoms with E-state index in [-0.39, 0.29) is 6.10 Å². The van der Waals surface area contributed by atoms with Crippen LogP contribution in [0.25, 0.3) is 0 Å². The number of morpholine rings is 1. The van der Waals surface area contributed by atoms with Crippen molar-refractivity contribution in [3.63, 3.8) is 0 Å². The fourth-order valence-corrected chi connectivity index (χ4v) is 4.01. The fraction of sp³-hybridized carbons (Fsp3) is 0.692. The molecular weight excluding hydrogens is 278 g/mol. The maximum Gasteiger partial charge on any atom is 0.244 e. The summed E-state index contributed by atoms with van der Waals surface area (Å²) >= 11 is 0. The summed E-state index contributed by atoms with van der Waals surface area (Å²) in [5.74, 6) is 0. The highest BCUT2D eigenvalue weighted by Crippen LogP contribution is 2.21. The van der Waals surface area contributed by atoms with E-state index in [0.29, 0.717) is 31.1 Å². The second-order valence-electron chi connectivity index (χ2n) is 5.03. The molecule has 0 aliphatic carbocycles. The topological polar surface area (TPSA) is 63.6 Å². The highest BCUT2D eigenvalue weighted by atomic mass is 32.2. The molecule has 0 radical (unpaired) electrons. The standard InChI is InChI=1S/C13H23N3O3S/c1-4-15-10-13(7-12(15)8-14-3)20(17,18)16-5-6-19-11(2)9-16/h7,10-11,14H,4-6,8-9H2,1-3H3. The van der Waals surface area contributed by atoms with Crippen molar-refractivity contribution in [3.8, 4) is 0 Å². The average molecular weight is 301 g/mol. The van der Waals surface area contributed by atoms with Crippen LogP contribution < -0.4 is 5.32 Å². The van der Waals surface area contributed by atoms with Crippen LogP contribution in [0.2, 0.25) is 0 Å². The molecule has 0 bridgehead atoms. The Bertz CT molecular complexity index is 553. The molecule has 1 fully saturated rings. The Hall–Kier alpha value is -0.890. The molecule has 6 nitrogen and oxygen atoms in total.